The number of hydrogen-bond acceptors (Lipinski definition) is 15. The molecule has 0 unspecified atom stereocenters. The molecule has 4 aliphatic rings. The third kappa shape index (κ3) is 16.3. The van der Waals surface area contributed by atoms with Crippen molar-refractivity contribution in [1.29, 1.82) is 0 Å². The number of nitrogens with zero attached hydrogens (tertiary/aromatic N) is 5. The molecule has 4 aromatic carbocycles. The molecule has 1 aromatic heterocycles. The van der Waals surface area contributed by atoms with Gasteiger partial charge in [-0.05, 0) is 84.6 Å². The third-order valence-electron chi connectivity index (χ3n) is 16.2. The van der Waals surface area contributed by atoms with E-state index in [0.717, 1.165) is 62.9 Å². The van der Waals surface area contributed by atoms with Gasteiger partial charge in [-0.15, -0.1) is 0 Å². The Morgan fingerprint density at radius 2 is 1.47 bits per heavy atom. The largest absolute Gasteiger partial charge is 0.444 e. The van der Waals surface area contributed by atoms with Gasteiger partial charge in [-0.2, -0.15) is 0 Å². The zero-order chi connectivity index (χ0) is 64.0. The van der Waals surface area contributed by atoms with Gasteiger partial charge in [0.05, 0.1) is 30.6 Å². The van der Waals surface area contributed by atoms with Gasteiger partial charge in [-0.25, -0.2) is 14.4 Å². The quantitative estimate of drug-likeness (QED) is 0.0206. The Labute approximate surface area is 528 Å². The molecular weight excluding hydrogens is 1230 g/mol. The standard InChI is InChI=1S/C63H76BrN13O13/c1-38(2)57(68-23-22-66-53(79)20-31-88-32-24-67-52(78)19-26-76-54(80)16-17-55(76)81)59(83)72-47(9-6-21-69-61(65)85)58(82)70-41-12-10-39(11-13-41)37-89-63(87)75-25-18-42-45-33-48(71-46(45)14-15-49(42)75)60(84)77-36-40(35-64)56-44-8-5-4-7-43(44)51(34-50(56)77)90-62(86)74-29-27-73(3)28-30-74/h4-5,7-8,10-17,33-34,38,40,47,57,68,71H,6,9,18-32,35-37H2,1-3H3,(H,66,79)(H,67,78)(H,70,82)(H,72,83)(H3,65,69,85)/t40-,47+,57+/m1/s1. The Hall–Kier alpha value is -8.92. The van der Waals surface area contributed by atoms with Crippen LogP contribution in [-0.4, -0.2) is 189 Å². The molecule has 0 aliphatic carbocycles. The lowest BCUT2D eigenvalue weighted by molar-refractivity contribution is -0.137. The summed E-state index contributed by atoms with van der Waals surface area (Å²) in [4.78, 5) is 140. The lowest BCUT2D eigenvalue weighted by Gasteiger charge is -2.31. The normalized spacial score (nSPS) is 16.1. The number of alkyl halides is 1. The Balaban J connectivity index is 0.744. The van der Waals surface area contributed by atoms with Crippen molar-refractivity contribution in [3.05, 3.63) is 107 Å². The second-order valence-electron chi connectivity index (χ2n) is 22.8. The highest BCUT2D eigenvalue weighted by Gasteiger charge is 2.37. The SMILES string of the molecule is CC(C)[C@H](NCCNC(=O)CCOCCNC(=O)CCN1C(=O)C=CC1=O)C(=O)N[C@@H](CCCNC(N)=O)C(=O)Nc1ccc(COC(=O)N2CCc3c2ccc2[nH]c(C(=O)N4C[C@@H](CBr)c5c4cc(OC(=O)N4CCN(C)CC4)c4ccccc54)cc32)cc1. The molecule has 478 valence electrons. The summed E-state index contributed by atoms with van der Waals surface area (Å²) in [6.07, 6.45) is 2.30. The molecule has 9 N–H and O–H groups in total. The lowest BCUT2D eigenvalue weighted by Crippen LogP contribution is -2.54. The van der Waals surface area contributed by atoms with Gasteiger partial charge >= 0.3 is 18.2 Å². The van der Waals surface area contributed by atoms with E-state index in [1.807, 2.05) is 69.4 Å². The van der Waals surface area contributed by atoms with Crippen LogP contribution in [0.2, 0.25) is 0 Å². The van der Waals surface area contributed by atoms with Gasteiger partial charge in [0, 0.05) is 136 Å². The van der Waals surface area contributed by atoms with Gasteiger partial charge in [-0.1, -0.05) is 66.2 Å². The molecule has 0 bridgehead atoms. The minimum absolute atomic E-state index is 0.0274. The number of nitrogens with one attached hydrogen (secondary N) is 7. The minimum atomic E-state index is -1.02. The molecule has 0 radical (unpaired) electrons. The Morgan fingerprint density at radius 1 is 0.744 bits per heavy atom. The summed E-state index contributed by atoms with van der Waals surface area (Å²) >= 11 is 3.70. The molecule has 1 fully saturated rings. The van der Waals surface area contributed by atoms with E-state index in [1.54, 1.807) is 39.0 Å². The number of hydrogen-bond donors (Lipinski definition) is 8. The molecule has 90 heavy (non-hydrogen) atoms. The number of imide groups is 1. The highest BCUT2D eigenvalue weighted by molar-refractivity contribution is 9.09. The summed E-state index contributed by atoms with van der Waals surface area (Å²) in [5, 5.41) is 19.9. The Kier molecular flexibility index (Phi) is 22.2. The number of rotatable bonds is 27. The summed E-state index contributed by atoms with van der Waals surface area (Å²) in [6.45, 7) is 7.91. The number of anilines is 3. The number of urea groups is 1. The van der Waals surface area contributed by atoms with Gasteiger partial charge in [0.1, 0.15) is 24.1 Å². The van der Waals surface area contributed by atoms with Crippen LogP contribution in [0.25, 0.3) is 21.7 Å². The maximum absolute atomic E-state index is 14.7. The minimum Gasteiger partial charge on any atom is -0.444 e. The molecule has 0 saturated carbocycles. The number of halogens is 1. The van der Waals surface area contributed by atoms with Crippen molar-refractivity contribution in [3.8, 4) is 5.75 Å². The van der Waals surface area contributed by atoms with Crippen LogP contribution in [0.3, 0.4) is 0 Å². The number of carbonyl (C=O) groups excluding carboxylic acids is 10. The van der Waals surface area contributed by atoms with Crippen LogP contribution >= 0.6 is 15.9 Å². The van der Waals surface area contributed by atoms with E-state index >= 15 is 0 Å². The fourth-order valence-corrected chi connectivity index (χ4v) is 11.9. The summed E-state index contributed by atoms with van der Waals surface area (Å²) in [5.74, 6) is -2.64. The van der Waals surface area contributed by atoms with Gasteiger partial charge in [0.2, 0.25) is 23.6 Å². The van der Waals surface area contributed by atoms with Crippen molar-refractivity contribution in [2.45, 2.75) is 70.6 Å². The van der Waals surface area contributed by atoms with E-state index in [-0.39, 0.29) is 101 Å². The maximum atomic E-state index is 14.7. The fourth-order valence-electron chi connectivity index (χ4n) is 11.3. The van der Waals surface area contributed by atoms with Crippen LogP contribution in [0.5, 0.6) is 5.75 Å². The van der Waals surface area contributed by atoms with Crippen molar-refractivity contribution in [1.82, 2.24) is 46.3 Å². The first-order chi connectivity index (χ1) is 43.4. The Morgan fingerprint density at radius 3 is 2.19 bits per heavy atom. The average molecular weight is 1300 g/mol. The number of nitrogens with two attached hydrogens (primary N) is 1. The number of H-pyrrole nitrogens is 1. The van der Waals surface area contributed by atoms with Gasteiger partial charge in [0.25, 0.3) is 17.7 Å². The molecule has 3 atom stereocenters. The maximum Gasteiger partial charge on any atom is 0.415 e. The molecule has 27 heteroatoms. The fraction of sp³-hybridized carbons (Fsp3) is 0.429. The topological polar surface area (TPSA) is 329 Å². The predicted molar refractivity (Wildman–Crippen MR) is 339 cm³/mol. The van der Waals surface area contributed by atoms with Crippen LogP contribution < -0.4 is 52.2 Å². The van der Waals surface area contributed by atoms with Crippen LogP contribution in [0.4, 0.5) is 31.4 Å². The van der Waals surface area contributed by atoms with E-state index in [9.17, 15) is 47.9 Å². The van der Waals surface area contributed by atoms with Crippen LogP contribution in [0.15, 0.2) is 84.9 Å². The van der Waals surface area contributed by atoms with E-state index in [2.05, 4.69) is 57.7 Å². The van der Waals surface area contributed by atoms with Crippen LogP contribution in [-0.2, 0) is 51.3 Å². The first-order valence-corrected chi connectivity index (χ1v) is 31.3. The highest BCUT2D eigenvalue weighted by atomic mass is 79.9. The van der Waals surface area contributed by atoms with Crippen molar-refractivity contribution in [2.75, 3.05) is 113 Å². The van der Waals surface area contributed by atoms with E-state index in [1.165, 1.54) is 0 Å². The number of aromatic amines is 1. The molecule has 9 rings (SSSR count). The zero-order valence-electron chi connectivity index (χ0n) is 50.5. The summed E-state index contributed by atoms with van der Waals surface area (Å²) in [7, 11) is 2.02. The highest BCUT2D eigenvalue weighted by Crippen LogP contribution is 2.47. The van der Waals surface area contributed by atoms with Gasteiger partial charge in [0.15, 0.2) is 0 Å². The van der Waals surface area contributed by atoms with Gasteiger partial charge in [-0.3, -0.25) is 43.4 Å². The Bertz CT molecular complexity index is 3530. The molecule has 26 nitrogen and oxygen atoms in total. The number of likely N-dealkylation sites (N-methyl/N-ethyl adjacent to an activating group) is 1. The monoisotopic (exact) mass is 1300 g/mol. The summed E-state index contributed by atoms with van der Waals surface area (Å²) < 4.78 is 17.4. The van der Waals surface area contributed by atoms with E-state index in [4.69, 9.17) is 19.9 Å². The van der Waals surface area contributed by atoms with E-state index < -0.39 is 53.9 Å². The molecule has 0 spiro atoms. The van der Waals surface area contributed by atoms with Crippen molar-refractivity contribution in [2.24, 2.45) is 11.7 Å². The number of primary amides is 1. The second kappa shape index (κ2) is 30.5. The summed E-state index contributed by atoms with van der Waals surface area (Å²) in [6, 6.07) is 19.3. The number of fused-ring (bicyclic) bond motifs is 6. The molecule has 11 amide bonds. The van der Waals surface area contributed by atoms with Crippen LogP contribution in [0, 0.1) is 5.92 Å². The number of amides is 11. The lowest BCUT2D eigenvalue weighted by atomic mass is 9.95. The van der Waals surface area contributed by atoms with Crippen LogP contribution in [0.1, 0.15) is 72.6 Å². The van der Waals surface area contributed by atoms with E-state index in [0.29, 0.717) is 78.4 Å². The molecule has 1 saturated heterocycles. The second-order valence-corrected chi connectivity index (χ2v) is 23.4. The summed E-state index contributed by atoms with van der Waals surface area (Å²) in [5.41, 5.74) is 10.7. The smallest absolute Gasteiger partial charge is 0.415 e. The van der Waals surface area contributed by atoms with Crippen molar-refractivity contribution < 1.29 is 62.2 Å². The average Bonchev–Trinajstić information content (AvgIpc) is 1.56. The molecular formula is C63H76BrN13O13. The van der Waals surface area contributed by atoms with Gasteiger partial charge < -0.3 is 71.5 Å². The number of aromatic nitrogens is 1. The third-order valence-corrected chi connectivity index (χ3v) is 17.0. The molecule has 4 aliphatic heterocycles. The molecule has 5 heterocycles. The number of piperazine rings is 1. The first-order valence-electron chi connectivity index (χ1n) is 30.2. The first kappa shape index (κ1) is 65.5. The van der Waals surface area contributed by atoms with Crippen molar-refractivity contribution >= 4 is 114 Å². The van der Waals surface area contributed by atoms with Crippen molar-refractivity contribution in [3.63, 3.8) is 0 Å². The number of ether oxygens (including phenoxy) is 3. The number of carbonyl (C=O) groups is 10. The number of benzene rings is 4. The zero-order valence-corrected chi connectivity index (χ0v) is 52.1. The molecule has 5 aromatic rings. The predicted octanol–water partition coefficient (Wildman–Crippen LogP) is 4.35.